The Morgan fingerprint density at radius 3 is 2.10 bits per heavy atom. The van der Waals surface area contributed by atoms with Crippen LogP contribution in [0.25, 0.3) is 0 Å². The van der Waals surface area contributed by atoms with E-state index < -0.39 is 11.8 Å². The number of aromatic nitrogens is 1. The van der Waals surface area contributed by atoms with Gasteiger partial charge in [-0.05, 0) is 72.8 Å². The van der Waals surface area contributed by atoms with E-state index in [1.54, 1.807) is 60.7 Å². The first kappa shape index (κ1) is 25.4. The third-order valence-corrected chi connectivity index (χ3v) is 5.98. The standard InChI is InChI=1S/C28H22N6O5/c35-26(19-1-7-22(8-2-19)30-28(37)25-13-14-29-39-25)20-3-9-23(10-4-20)31-33-32-27(36)21-5-11-24(12-6-21)34-15-17-38-18-16-34/h1-14H,15-18H2/p+1. The summed E-state index contributed by atoms with van der Waals surface area (Å²) in [5.41, 5.74) is 3.28. The Morgan fingerprint density at radius 2 is 1.46 bits per heavy atom. The topological polar surface area (TPSA) is 141 Å². The largest absolute Gasteiger partial charge is 0.378 e. The third kappa shape index (κ3) is 6.37. The Kier molecular flexibility index (Phi) is 7.73. The smallest absolute Gasteiger partial charge is 0.360 e. The molecule has 0 radical (unpaired) electrons. The van der Waals surface area contributed by atoms with Crippen LogP contribution >= 0.6 is 0 Å². The number of nitrogens with one attached hydrogen (secondary N) is 1. The van der Waals surface area contributed by atoms with Gasteiger partial charge >= 0.3 is 5.91 Å². The van der Waals surface area contributed by atoms with E-state index in [-0.39, 0.29) is 11.5 Å². The summed E-state index contributed by atoms with van der Waals surface area (Å²) in [6.07, 6.45) is 1.38. The van der Waals surface area contributed by atoms with Crippen LogP contribution in [0.1, 0.15) is 36.8 Å². The van der Waals surface area contributed by atoms with Gasteiger partial charge in [0.15, 0.2) is 16.6 Å². The molecule has 0 saturated carbocycles. The first-order chi connectivity index (χ1) is 19.1. The molecular weight excluding hydrogens is 500 g/mol. The average Bonchev–Trinajstić information content (AvgIpc) is 3.54. The monoisotopic (exact) mass is 523 g/mol. The minimum atomic E-state index is -0.500. The molecule has 2 amide bonds. The molecule has 11 heteroatoms. The second-order valence-corrected chi connectivity index (χ2v) is 8.53. The van der Waals surface area contributed by atoms with Gasteiger partial charge in [-0.3, -0.25) is 14.4 Å². The molecule has 0 bridgehead atoms. The van der Waals surface area contributed by atoms with Crippen molar-refractivity contribution in [2.45, 2.75) is 0 Å². The van der Waals surface area contributed by atoms with Gasteiger partial charge in [0.05, 0.1) is 19.4 Å². The Bertz CT molecular complexity index is 1520. The van der Waals surface area contributed by atoms with Crippen LogP contribution in [0.2, 0.25) is 0 Å². The lowest BCUT2D eigenvalue weighted by molar-refractivity contribution is 0.0982. The molecule has 1 aliphatic heterocycles. The van der Waals surface area contributed by atoms with Crippen LogP contribution in [0.3, 0.4) is 0 Å². The van der Waals surface area contributed by atoms with Gasteiger partial charge in [-0.1, -0.05) is 5.16 Å². The first-order valence-corrected chi connectivity index (χ1v) is 12.1. The number of benzene rings is 3. The van der Waals surface area contributed by atoms with Crippen LogP contribution in [0, 0.1) is 0 Å². The molecule has 1 fully saturated rings. The number of anilines is 2. The second-order valence-electron chi connectivity index (χ2n) is 8.53. The Labute approximate surface area is 222 Å². The number of rotatable bonds is 7. The number of amides is 2. The Balaban J connectivity index is 1.17. The lowest BCUT2D eigenvalue weighted by atomic mass is 10.0. The summed E-state index contributed by atoms with van der Waals surface area (Å²) >= 11 is 0. The molecule has 11 nitrogen and oxygen atoms in total. The van der Waals surface area contributed by atoms with Crippen molar-refractivity contribution in [2.75, 3.05) is 36.5 Å². The van der Waals surface area contributed by atoms with Crippen molar-refractivity contribution in [1.29, 1.82) is 0 Å². The highest BCUT2D eigenvalue weighted by atomic mass is 16.5. The number of carbonyl (C=O) groups excluding carboxylic acids is 3. The van der Waals surface area contributed by atoms with Gasteiger partial charge in [-0.2, -0.15) is 0 Å². The number of hydrogen-bond acceptors (Lipinski definition) is 8. The average molecular weight is 524 g/mol. The van der Waals surface area contributed by atoms with E-state index in [1.165, 1.54) is 12.3 Å². The summed E-state index contributed by atoms with van der Waals surface area (Å²) in [6, 6.07) is 21.6. The van der Waals surface area contributed by atoms with Crippen LogP contribution in [0.4, 0.5) is 17.1 Å². The molecule has 3 aromatic carbocycles. The number of hydrogen-bond donors (Lipinski definition) is 1. The minimum absolute atomic E-state index is 0.0858. The molecule has 39 heavy (non-hydrogen) atoms. The maximum Gasteiger partial charge on any atom is 0.360 e. The molecular formula is C28H23N6O5+. The van der Waals surface area contributed by atoms with Crippen molar-refractivity contribution < 1.29 is 23.6 Å². The van der Waals surface area contributed by atoms with E-state index in [1.807, 2.05) is 12.1 Å². The summed E-state index contributed by atoms with van der Waals surface area (Å²) in [5, 5.41) is 13.8. The maximum atomic E-state index is 12.8. The fourth-order valence-corrected chi connectivity index (χ4v) is 3.89. The predicted octanol–water partition coefficient (Wildman–Crippen LogP) is 4.44. The highest BCUT2D eigenvalue weighted by Gasteiger charge is 2.15. The second kappa shape index (κ2) is 11.9. The van der Waals surface area contributed by atoms with Crippen LogP contribution in [-0.4, -0.2) is 49.1 Å². The van der Waals surface area contributed by atoms with Crippen molar-refractivity contribution in [1.82, 2.24) is 10.1 Å². The highest BCUT2D eigenvalue weighted by molar-refractivity contribution is 6.09. The molecule has 1 aliphatic rings. The zero-order valence-electron chi connectivity index (χ0n) is 20.7. The number of nitrogens with zero attached hydrogens (tertiary/aromatic N) is 5. The number of ketones is 1. The molecule has 4 aromatic rings. The van der Waals surface area contributed by atoms with E-state index in [4.69, 9.17) is 9.26 Å². The normalized spacial score (nSPS) is 12.8. The van der Waals surface area contributed by atoms with Crippen molar-refractivity contribution >= 4 is 34.7 Å². The Morgan fingerprint density at radius 1 is 0.821 bits per heavy atom. The maximum absolute atomic E-state index is 12.8. The van der Waals surface area contributed by atoms with Gasteiger partial charge in [-0.15, -0.1) is 0 Å². The van der Waals surface area contributed by atoms with Crippen molar-refractivity contribution in [3.05, 3.63) is 108 Å². The van der Waals surface area contributed by atoms with E-state index in [0.29, 0.717) is 41.3 Å². The van der Waals surface area contributed by atoms with E-state index in [0.717, 1.165) is 18.8 Å². The van der Waals surface area contributed by atoms with Crippen molar-refractivity contribution in [3.8, 4) is 0 Å². The van der Waals surface area contributed by atoms with Crippen LogP contribution in [0.5, 0.6) is 0 Å². The van der Waals surface area contributed by atoms with Crippen LogP contribution in [0.15, 0.2) is 99.8 Å². The summed E-state index contributed by atoms with van der Waals surface area (Å²) in [6.45, 7) is 3.00. The van der Waals surface area contributed by atoms with Crippen LogP contribution < -0.4 is 15.1 Å². The fourth-order valence-electron chi connectivity index (χ4n) is 3.89. The van der Waals surface area contributed by atoms with Gasteiger partial charge in [0.1, 0.15) is 0 Å². The zero-order valence-corrected chi connectivity index (χ0v) is 20.7. The lowest BCUT2D eigenvalue weighted by Gasteiger charge is -2.28. The number of morpholine rings is 1. The third-order valence-electron chi connectivity index (χ3n) is 5.98. The quantitative estimate of drug-likeness (QED) is 0.214. The molecule has 0 spiro atoms. The molecule has 0 aliphatic carbocycles. The van der Waals surface area contributed by atoms with Crippen molar-refractivity contribution in [2.24, 2.45) is 10.2 Å². The SMILES string of the molecule is O=C(N=[N+]=Nc1ccc(C(=O)c2ccc(NC(=O)c3ccno3)cc2)cc1)c1ccc(N2CCOCC2)cc1. The summed E-state index contributed by atoms with van der Waals surface area (Å²) in [4.78, 5) is 43.1. The predicted molar refractivity (Wildman–Crippen MR) is 141 cm³/mol. The van der Waals surface area contributed by atoms with Crippen LogP contribution in [-0.2, 0) is 4.74 Å². The Hall–Kier alpha value is -5.25. The number of ether oxygens (including phenoxy) is 1. The summed E-state index contributed by atoms with van der Waals surface area (Å²) < 4.78 is 10.2. The van der Waals surface area contributed by atoms with E-state index in [2.05, 4.69) is 30.5 Å². The zero-order chi connectivity index (χ0) is 27.0. The summed E-state index contributed by atoms with van der Waals surface area (Å²) in [7, 11) is 0. The summed E-state index contributed by atoms with van der Waals surface area (Å²) in [5.74, 6) is -1.05. The van der Waals surface area contributed by atoms with Gasteiger partial charge < -0.3 is 19.5 Å². The minimum Gasteiger partial charge on any atom is -0.378 e. The van der Waals surface area contributed by atoms with Gasteiger partial charge in [0.25, 0.3) is 5.91 Å². The van der Waals surface area contributed by atoms with E-state index in [9.17, 15) is 14.4 Å². The molecule has 194 valence electrons. The van der Waals surface area contributed by atoms with Gasteiger partial charge in [-0.25, -0.2) is 0 Å². The van der Waals surface area contributed by atoms with Crippen molar-refractivity contribution in [3.63, 3.8) is 0 Å². The van der Waals surface area contributed by atoms with Gasteiger partial charge in [0, 0.05) is 47.2 Å². The lowest BCUT2D eigenvalue weighted by Crippen LogP contribution is -2.36. The fraction of sp³-hybridized carbons (Fsp3) is 0.143. The molecule has 0 atom stereocenters. The number of carbonyl (C=O) groups is 3. The molecule has 5 rings (SSSR count). The van der Waals surface area contributed by atoms with E-state index >= 15 is 0 Å². The molecule has 1 saturated heterocycles. The first-order valence-electron chi connectivity index (χ1n) is 12.1. The molecule has 1 aromatic heterocycles. The highest BCUT2D eigenvalue weighted by Crippen LogP contribution is 2.19. The molecule has 0 unspecified atom stereocenters. The van der Waals surface area contributed by atoms with Gasteiger partial charge in [0.2, 0.25) is 15.8 Å². The molecule has 2 heterocycles. The molecule has 1 N–H and O–H groups in total.